The minimum absolute atomic E-state index is 0.160. The van der Waals surface area contributed by atoms with Gasteiger partial charge in [-0.2, -0.15) is 0 Å². The second-order valence-corrected chi connectivity index (χ2v) is 11.5. The highest BCUT2D eigenvalue weighted by Crippen LogP contribution is 2.20. The molecule has 0 aliphatic rings. The largest absolute Gasteiger partial charge is 0.462 e. The predicted octanol–water partition coefficient (Wildman–Crippen LogP) is 8.96. The van der Waals surface area contributed by atoms with Gasteiger partial charge in [0.2, 0.25) is 0 Å². The molecule has 0 N–H and O–H groups in total. The normalized spacial score (nSPS) is 11.4. The summed E-state index contributed by atoms with van der Waals surface area (Å²) in [6.45, 7) is 9.69. The van der Waals surface area contributed by atoms with E-state index in [0.717, 1.165) is 77.0 Å². The lowest BCUT2D eigenvalue weighted by molar-refractivity contribution is -0.139. The lowest BCUT2D eigenvalue weighted by Crippen LogP contribution is -2.15. The number of rotatable bonds is 22. The molecule has 0 aromatic heterocycles. The smallest absolute Gasteiger partial charge is 0.343 e. The third-order valence-corrected chi connectivity index (χ3v) is 7.25. The number of ether oxygens (including phenoxy) is 4. The first-order valence-corrected chi connectivity index (χ1v) is 16.4. The van der Waals surface area contributed by atoms with Gasteiger partial charge >= 0.3 is 23.9 Å². The SMILES string of the molecule is C=C(C)C(=O)OCCCCCCCCCCC(=O)Oc1ccc(OC(=O)c2ccc(C(=O)O[C@@H](C)CCCCCC)cc2)cc1. The Bertz CT molecular complexity index is 1200. The number of benzene rings is 2. The van der Waals surface area contributed by atoms with E-state index in [0.29, 0.717) is 41.2 Å². The number of carbonyl (C=O) groups is 4. The molecule has 45 heavy (non-hydrogen) atoms. The molecule has 8 nitrogen and oxygen atoms in total. The van der Waals surface area contributed by atoms with Crippen LogP contribution in [0.2, 0.25) is 0 Å². The highest BCUT2D eigenvalue weighted by Gasteiger charge is 2.15. The van der Waals surface area contributed by atoms with Crippen molar-refractivity contribution in [2.75, 3.05) is 6.61 Å². The molecule has 0 amide bonds. The zero-order valence-electron chi connectivity index (χ0n) is 27.3. The highest BCUT2D eigenvalue weighted by molar-refractivity contribution is 5.94. The first-order valence-electron chi connectivity index (χ1n) is 16.4. The van der Waals surface area contributed by atoms with Gasteiger partial charge in [-0.3, -0.25) is 4.79 Å². The molecule has 0 saturated heterocycles. The Hall–Kier alpha value is -3.94. The van der Waals surface area contributed by atoms with Gasteiger partial charge in [0.1, 0.15) is 11.5 Å². The monoisotopic (exact) mass is 622 g/mol. The zero-order valence-corrected chi connectivity index (χ0v) is 27.3. The Labute approximate surface area is 268 Å². The topological polar surface area (TPSA) is 105 Å². The molecule has 1 atom stereocenters. The fourth-order valence-corrected chi connectivity index (χ4v) is 4.55. The summed E-state index contributed by atoms with van der Waals surface area (Å²) >= 11 is 0. The average molecular weight is 623 g/mol. The Morgan fingerprint density at radius 3 is 1.76 bits per heavy atom. The third kappa shape index (κ3) is 16.1. The third-order valence-electron chi connectivity index (χ3n) is 7.25. The molecule has 0 unspecified atom stereocenters. The maximum absolute atomic E-state index is 12.6. The molecular formula is C37H50O8. The second kappa shape index (κ2) is 21.7. The van der Waals surface area contributed by atoms with Crippen molar-refractivity contribution in [1.29, 1.82) is 0 Å². The molecule has 0 radical (unpaired) electrons. The first kappa shape index (κ1) is 37.2. The minimum Gasteiger partial charge on any atom is -0.462 e. The number of hydrogen-bond donors (Lipinski definition) is 0. The minimum atomic E-state index is -0.562. The van der Waals surface area contributed by atoms with Gasteiger partial charge in [0, 0.05) is 12.0 Å². The quantitative estimate of drug-likeness (QED) is 0.0555. The van der Waals surface area contributed by atoms with Crippen LogP contribution in [-0.2, 0) is 19.1 Å². The molecule has 0 bridgehead atoms. The number of unbranched alkanes of at least 4 members (excludes halogenated alkanes) is 10. The van der Waals surface area contributed by atoms with Crippen molar-refractivity contribution in [3.63, 3.8) is 0 Å². The summed E-state index contributed by atoms with van der Waals surface area (Å²) in [6.07, 6.45) is 13.5. The van der Waals surface area contributed by atoms with Gasteiger partial charge in [0.15, 0.2) is 0 Å². The molecule has 8 heteroatoms. The second-order valence-electron chi connectivity index (χ2n) is 11.5. The van der Waals surface area contributed by atoms with Crippen molar-refractivity contribution in [2.45, 2.75) is 117 Å². The first-order chi connectivity index (χ1) is 21.7. The Morgan fingerprint density at radius 2 is 1.18 bits per heavy atom. The van der Waals surface area contributed by atoms with E-state index in [-0.39, 0.29) is 18.0 Å². The molecule has 0 aliphatic heterocycles. The van der Waals surface area contributed by atoms with Gasteiger partial charge in [-0.1, -0.05) is 71.3 Å². The molecule has 0 heterocycles. The standard InChI is InChI=1S/C37H50O8/c1-5-6-7-14-17-29(4)43-36(40)30-19-21-31(22-20-30)37(41)45-33-25-23-32(24-26-33)44-34(38)18-15-12-10-8-9-11-13-16-27-42-35(39)28(2)3/h19-26,29H,2,5-18,27H2,1,3-4H3/t29-/m0/s1. The van der Waals surface area contributed by atoms with Crippen molar-refractivity contribution in [3.05, 3.63) is 71.8 Å². The van der Waals surface area contributed by atoms with Crippen LogP contribution in [0.1, 0.15) is 131 Å². The van der Waals surface area contributed by atoms with Crippen molar-refractivity contribution >= 4 is 23.9 Å². The van der Waals surface area contributed by atoms with Crippen LogP contribution in [0.4, 0.5) is 0 Å². The Morgan fingerprint density at radius 1 is 0.667 bits per heavy atom. The molecule has 2 rings (SSSR count). The van der Waals surface area contributed by atoms with Gasteiger partial charge in [-0.25, -0.2) is 14.4 Å². The van der Waals surface area contributed by atoms with Gasteiger partial charge in [-0.15, -0.1) is 0 Å². The summed E-state index contributed by atoms with van der Waals surface area (Å²) in [4.78, 5) is 48.5. The number of hydrogen-bond acceptors (Lipinski definition) is 8. The summed E-state index contributed by atoms with van der Waals surface area (Å²) in [5.41, 5.74) is 1.11. The van der Waals surface area contributed by atoms with Crippen molar-refractivity contribution in [2.24, 2.45) is 0 Å². The number of esters is 4. The molecule has 0 aliphatic carbocycles. The summed E-state index contributed by atoms with van der Waals surface area (Å²) in [7, 11) is 0. The predicted molar refractivity (Wildman–Crippen MR) is 174 cm³/mol. The lowest BCUT2D eigenvalue weighted by Gasteiger charge is -2.13. The summed E-state index contributed by atoms with van der Waals surface area (Å²) in [5.74, 6) is -0.900. The van der Waals surface area contributed by atoms with E-state index < -0.39 is 11.9 Å². The molecule has 2 aromatic rings. The van der Waals surface area contributed by atoms with E-state index >= 15 is 0 Å². The van der Waals surface area contributed by atoms with Crippen LogP contribution in [0.25, 0.3) is 0 Å². The van der Waals surface area contributed by atoms with E-state index in [4.69, 9.17) is 18.9 Å². The van der Waals surface area contributed by atoms with Crippen molar-refractivity contribution < 1.29 is 38.1 Å². The van der Waals surface area contributed by atoms with Crippen LogP contribution in [0.15, 0.2) is 60.7 Å². The Balaban J connectivity index is 1.61. The van der Waals surface area contributed by atoms with E-state index in [1.165, 1.54) is 18.6 Å². The van der Waals surface area contributed by atoms with Crippen molar-refractivity contribution in [1.82, 2.24) is 0 Å². The van der Waals surface area contributed by atoms with E-state index in [1.807, 2.05) is 6.92 Å². The zero-order chi connectivity index (χ0) is 32.9. The maximum Gasteiger partial charge on any atom is 0.343 e. The molecule has 0 saturated carbocycles. The number of carbonyl (C=O) groups excluding carboxylic acids is 4. The van der Waals surface area contributed by atoms with Crippen LogP contribution in [0, 0.1) is 0 Å². The van der Waals surface area contributed by atoms with E-state index in [9.17, 15) is 19.2 Å². The van der Waals surface area contributed by atoms with Crippen LogP contribution in [0.3, 0.4) is 0 Å². The highest BCUT2D eigenvalue weighted by atomic mass is 16.5. The van der Waals surface area contributed by atoms with Gasteiger partial charge in [0.25, 0.3) is 0 Å². The lowest BCUT2D eigenvalue weighted by atomic mass is 10.1. The Kier molecular flexibility index (Phi) is 18.0. The summed E-state index contributed by atoms with van der Waals surface area (Å²) < 4.78 is 21.4. The van der Waals surface area contributed by atoms with E-state index in [2.05, 4.69) is 13.5 Å². The molecule has 246 valence electrons. The fraction of sp³-hybridized carbons (Fsp3) is 0.514. The summed E-state index contributed by atoms with van der Waals surface area (Å²) in [5, 5.41) is 0. The summed E-state index contributed by atoms with van der Waals surface area (Å²) in [6, 6.07) is 12.5. The molecule has 0 spiro atoms. The van der Waals surface area contributed by atoms with Gasteiger partial charge < -0.3 is 18.9 Å². The van der Waals surface area contributed by atoms with Crippen LogP contribution in [-0.4, -0.2) is 36.6 Å². The average Bonchev–Trinajstić information content (AvgIpc) is 3.02. The fourth-order valence-electron chi connectivity index (χ4n) is 4.55. The molecule has 0 fully saturated rings. The van der Waals surface area contributed by atoms with Crippen LogP contribution >= 0.6 is 0 Å². The maximum atomic E-state index is 12.6. The van der Waals surface area contributed by atoms with Crippen LogP contribution in [0.5, 0.6) is 11.5 Å². The van der Waals surface area contributed by atoms with Crippen LogP contribution < -0.4 is 9.47 Å². The van der Waals surface area contributed by atoms with Gasteiger partial charge in [-0.05, 0) is 88.1 Å². The molecule has 2 aromatic carbocycles. The van der Waals surface area contributed by atoms with E-state index in [1.54, 1.807) is 43.3 Å². The van der Waals surface area contributed by atoms with Gasteiger partial charge in [0.05, 0.1) is 23.8 Å². The van der Waals surface area contributed by atoms with Crippen molar-refractivity contribution in [3.8, 4) is 11.5 Å². The molecular weight excluding hydrogens is 572 g/mol.